The van der Waals surface area contributed by atoms with Crippen LogP contribution in [0.4, 0.5) is 0 Å². The fraction of sp³-hybridized carbons (Fsp3) is 0.800. The molecular formula is C15H26N2O. The van der Waals surface area contributed by atoms with Crippen molar-refractivity contribution in [3.05, 3.63) is 12.2 Å². The summed E-state index contributed by atoms with van der Waals surface area (Å²) in [7, 11) is 0. The van der Waals surface area contributed by atoms with Gasteiger partial charge in [0, 0.05) is 19.1 Å². The lowest BCUT2D eigenvalue weighted by Crippen LogP contribution is -2.43. The van der Waals surface area contributed by atoms with Gasteiger partial charge in [0.15, 0.2) is 0 Å². The topological polar surface area (TPSA) is 46.3 Å². The van der Waals surface area contributed by atoms with Crippen molar-refractivity contribution < 1.29 is 4.79 Å². The van der Waals surface area contributed by atoms with E-state index in [1.807, 2.05) is 17.1 Å². The summed E-state index contributed by atoms with van der Waals surface area (Å²) in [5.41, 5.74) is 6.18. The average molecular weight is 250 g/mol. The molecule has 2 rings (SSSR count). The molecule has 102 valence electrons. The van der Waals surface area contributed by atoms with E-state index in [1.54, 1.807) is 0 Å². The molecule has 0 aromatic carbocycles. The number of hydrogen-bond acceptors (Lipinski definition) is 2. The van der Waals surface area contributed by atoms with Crippen molar-refractivity contribution in [3.63, 3.8) is 0 Å². The Balaban J connectivity index is 1.86. The second kappa shape index (κ2) is 5.04. The highest BCUT2D eigenvalue weighted by atomic mass is 16.2. The molecule has 2 atom stereocenters. The van der Waals surface area contributed by atoms with Crippen molar-refractivity contribution in [1.82, 2.24) is 4.90 Å². The van der Waals surface area contributed by atoms with Crippen LogP contribution in [0, 0.1) is 17.3 Å². The fourth-order valence-corrected chi connectivity index (χ4v) is 3.11. The van der Waals surface area contributed by atoms with Gasteiger partial charge in [-0.3, -0.25) is 4.79 Å². The highest BCUT2D eigenvalue weighted by Crippen LogP contribution is 2.34. The smallest absolute Gasteiger partial charge is 0.229 e. The lowest BCUT2D eigenvalue weighted by molar-refractivity contribution is -0.136. The van der Waals surface area contributed by atoms with Crippen molar-refractivity contribution in [3.8, 4) is 0 Å². The second-order valence-electron chi connectivity index (χ2n) is 6.86. The number of rotatable bonds is 1. The molecule has 1 heterocycles. The lowest BCUT2D eigenvalue weighted by atomic mass is 9.75. The number of nitrogens with two attached hydrogens (primary N) is 1. The van der Waals surface area contributed by atoms with Crippen molar-refractivity contribution >= 4 is 5.91 Å². The van der Waals surface area contributed by atoms with Crippen LogP contribution in [-0.4, -0.2) is 29.9 Å². The SMILES string of the molecule is CC(C)(C)C1CCN(C(=O)C2C=CC(N)C2)CC1. The third kappa shape index (κ3) is 2.94. The van der Waals surface area contributed by atoms with E-state index in [0.29, 0.717) is 5.41 Å². The van der Waals surface area contributed by atoms with E-state index in [-0.39, 0.29) is 17.9 Å². The summed E-state index contributed by atoms with van der Waals surface area (Å²) in [6.45, 7) is 8.73. The number of likely N-dealkylation sites (tertiary alicyclic amines) is 1. The van der Waals surface area contributed by atoms with Crippen molar-refractivity contribution in [2.75, 3.05) is 13.1 Å². The molecule has 2 N–H and O–H groups in total. The quantitative estimate of drug-likeness (QED) is 0.725. The summed E-state index contributed by atoms with van der Waals surface area (Å²) in [6, 6.07) is 0.0751. The van der Waals surface area contributed by atoms with Gasteiger partial charge in [0.1, 0.15) is 0 Å². The van der Waals surface area contributed by atoms with Gasteiger partial charge in [-0.1, -0.05) is 32.9 Å². The monoisotopic (exact) mass is 250 g/mol. The summed E-state index contributed by atoms with van der Waals surface area (Å²) < 4.78 is 0. The summed E-state index contributed by atoms with van der Waals surface area (Å²) in [6.07, 6.45) is 7.01. The Kier molecular flexibility index (Phi) is 3.81. The second-order valence-corrected chi connectivity index (χ2v) is 6.86. The molecular weight excluding hydrogens is 224 g/mol. The molecule has 1 aliphatic heterocycles. The van der Waals surface area contributed by atoms with Crippen LogP contribution >= 0.6 is 0 Å². The van der Waals surface area contributed by atoms with Gasteiger partial charge in [-0.05, 0) is 30.6 Å². The zero-order valence-corrected chi connectivity index (χ0v) is 11.9. The lowest BCUT2D eigenvalue weighted by Gasteiger charge is -2.39. The number of nitrogens with zero attached hydrogens (tertiary/aromatic N) is 1. The maximum absolute atomic E-state index is 12.3. The predicted octanol–water partition coefficient (Wildman–Crippen LogP) is 2.17. The molecule has 0 aromatic heterocycles. The number of piperidine rings is 1. The Morgan fingerprint density at radius 1 is 1.22 bits per heavy atom. The van der Waals surface area contributed by atoms with Gasteiger partial charge in [-0.2, -0.15) is 0 Å². The van der Waals surface area contributed by atoms with E-state index in [0.717, 1.165) is 38.3 Å². The van der Waals surface area contributed by atoms with Crippen LogP contribution in [0.25, 0.3) is 0 Å². The first-order valence-electron chi connectivity index (χ1n) is 7.10. The van der Waals surface area contributed by atoms with Crippen LogP contribution in [0.1, 0.15) is 40.0 Å². The van der Waals surface area contributed by atoms with Crippen LogP contribution in [0.5, 0.6) is 0 Å². The normalized spacial score (nSPS) is 29.9. The minimum absolute atomic E-state index is 0.0335. The van der Waals surface area contributed by atoms with Gasteiger partial charge in [0.05, 0.1) is 5.92 Å². The van der Waals surface area contributed by atoms with Crippen LogP contribution in [-0.2, 0) is 4.79 Å². The third-order valence-corrected chi connectivity index (χ3v) is 4.47. The summed E-state index contributed by atoms with van der Waals surface area (Å²) in [5.74, 6) is 1.06. The molecule has 3 heteroatoms. The predicted molar refractivity (Wildman–Crippen MR) is 74.0 cm³/mol. The average Bonchev–Trinajstić information content (AvgIpc) is 2.74. The van der Waals surface area contributed by atoms with Gasteiger partial charge >= 0.3 is 0 Å². The summed E-state index contributed by atoms with van der Waals surface area (Å²) in [4.78, 5) is 14.4. The van der Waals surface area contributed by atoms with E-state index in [1.165, 1.54) is 0 Å². The third-order valence-electron chi connectivity index (χ3n) is 4.47. The molecule has 3 nitrogen and oxygen atoms in total. The van der Waals surface area contributed by atoms with Crippen LogP contribution in [0.3, 0.4) is 0 Å². The van der Waals surface area contributed by atoms with Crippen molar-refractivity contribution in [2.24, 2.45) is 23.0 Å². The Bertz CT molecular complexity index is 335. The summed E-state index contributed by atoms with van der Waals surface area (Å²) in [5, 5.41) is 0. The first-order chi connectivity index (χ1) is 8.38. The molecule has 18 heavy (non-hydrogen) atoms. The Morgan fingerprint density at radius 2 is 1.83 bits per heavy atom. The van der Waals surface area contributed by atoms with Gasteiger partial charge in [0.25, 0.3) is 0 Å². The molecule has 2 unspecified atom stereocenters. The molecule has 1 aliphatic carbocycles. The number of carbonyl (C=O) groups excluding carboxylic acids is 1. The Hall–Kier alpha value is -0.830. The molecule has 0 saturated carbocycles. The van der Waals surface area contributed by atoms with Crippen LogP contribution in [0.2, 0.25) is 0 Å². The van der Waals surface area contributed by atoms with Gasteiger partial charge in [-0.25, -0.2) is 0 Å². The zero-order chi connectivity index (χ0) is 13.3. The molecule has 0 aromatic rings. The van der Waals surface area contributed by atoms with E-state index < -0.39 is 0 Å². The molecule has 1 amide bonds. The molecule has 1 saturated heterocycles. The fourth-order valence-electron chi connectivity index (χ4n) is 3.11. The maximum atomic E-state index is 12.3. The molecule has 0 bridgehead atoms. The van der Waals surface area contributed by atoms with E-state index >= 15 is 0 Å². The standard InChI is InChI=1S/C15H26N2O/c1-15(2,3)12-6-8-17(9-7-12)14(18)11-4-5-13(16)10-11/h4-5,11-13H,6-10,16H2,1-3H3. The van der Waals surface area contributed by atoms with E-state index in [4.69, 9.17) is 5.73 Å². The molecule has 0 spiro atoms. The van der Waals surface area contributed by atoms with Crippen LogP contribution < -0.4 is 5.73 Å². The minimum Gasteiger partial charge on any atom is -0.342 e. The van der Waals surface area contributed by atoms with Gasteiger partial charge < -0.3 is 10.6 Å². The zero-order valence-electron chi connectivity index (χ0n) is 11.9. The first kappa shape index (κ1) is 13.6. The number of hydrogen-bond donors (Lipinski definition) is 1. The van der Waals surface area contributed by atoms with Crippen molar-refractivity contribution in [1.29, 1.82) is 0 Å². The number of amides is 1. The molecule has 1 fully saturated rings. The Morgan fingerprint density at radius 3 is 2.28 bits per heavy atom. The molecule has 0 radical (unpaired) electrons. The van der Waals surface area contributed by atoms with Crippen molar-refractivity contribution in [2.45, 2.75) is 46.1 Å². The minimum atomic E-state index is 0.0335. The van der Waals surface area contributed by atoms with Crippen LogP contribution in [0.15, 0.2) is 12.2 Å². The van der Waals surface area contributed by atoms with Gasteiger partial charge in [-0.15, -0.1) is 0 Å². The maximum Gasteiger partial charge on any atom is 0.229 e. The highest BCUT2D eigenvalue weighted by Gasteiger charge is 2.33. The summed E-state index contributed by atoms with van der Waals surface area (Å²) >= 11 is 0. The largest absolute Gasteiger partial charge is 0.342 e. The first-order valence-corrected chi connectivity index (χ1v) is 7.10. The van der Waals surface area contributed by atoms with E-state index in [2.05, 4.69) is 20.8 Å². The Labute approximate surface area is 110 Å². The van der Waals surface area contributed by atoms with E-state index in [9.17, 15) is 4.79 Å². The van der Waals surface area contributed by atoms with Gasteiger partial charge in [0.2, 0.25) is 5.91 Å². The highest BCUT2D eigenvalue weighted by molar-refractivity contribution is 5.81. The number of carbonyl (C=O) groups is 1. The molecule has 2 aliphatic rings.